The Hall–Kier alpha value is -2.61. The third kappa shape index (κ3) is 3.53. The number of aromatic hydroxyl groups is 1. The lowest BCUT2D eigenvalue weighted by Crippen LogP contribution is -2.32. The van der Waals surface area contributed by atoms with Crippen LogP contribution < -0.4 is 16.9 Å². The minimum absolute atomic E-state index is 0.173. The molecule has 0 aromatic heterocycles. The number of hydrogen-bond acceptors (Lipinski definition) is 8. The number of nitrogens with one attached hydrogen (secondary N) is 1. The van der Waals surface area contributed by atoms with Crippen LogP contribution in [0.2, 0.25) is 0 Å². The summed E-state index contributed by atoms with van der Waals surface area (Å²) in [7, 11) is 0. The van der Waals surface area contributed by atoms with Gasteiger partial charge in [-0.25, -0.2) is 0 Å². The van der Waals surface area contributed by atoms with E-state index in [-0.39, 0.29) is 17.4 Å². The molecule has 1 aliphatic heterocycles. The number of phenolic OH excluding ortho intramolecular Hbond substituents is 1. The highest BCUT2D eigenvalue weighted by molar-refractivity contribution is 6.68. The van der Waals surface area contributed by atoms with Gasteiger partial charge in [0.2, 0.25) is 0 Å². The molecule has 6 N–H and O–H groups in total. The highest BCUT2D eigenvalue weighted by atomic mass is 16.3. The van der Waals surface area contributed by atoms with E-state index in [1.54, 1.807) is 12.1 Å². The number of hydrogen-bond donors (Lipinski definition) is 4. The molecule has 0 saturated heterocycles. The molecule has 0 saturated carbocycles. The fraction of sp³-hybridized carbons (Fsp3) is 0.357. The van der Waals surface area contributed by atoms with Crippen LogP contribution in [0.15, 0.2) is 33.5 Å². The Morgan fingerprint density at radius 2 is 1.82 bits per heavy atom. The smallest absolute Gasteiger partial charge is 0.177 e. The van der Waals surface area contributed by atoms with E-state index in [2.05, 4.69) is 39.5 Å². The van der Waals surface area contributed by atoms with Crippen molar-refractivity contribution in [2.45, 2.75) is 20.4 Å². The predicted molar refractivity (Wildman–Crippen MR) is 89.0 cm³/mol. The lowest BCUT2D eigenvalue weighted by molar-refractivity contribution is 0.291. The van der Waals surface area contributed by atoms with Crippen LogP contribution in [0.1, 0.15) is 19.4 Å². The Labute approximate surface area is 129 Å². The topological polar surface area (TPSA) is 125 Å². The van der Waals surface area contributed by atoms with Gasteiger partial charge in [-0.2, -0.15) is 5.10 Å². The first kappa shape index (κ1) is 15.8. The number of amidine groups is 2. The van der Waals surface area contributed by atoms with Crippen molar-refractivity contribution in [2.24, 2.45) is 26.8 Å². The minimum Gasteiger partial charge on any atom is -0.508 e. The van der Waals surface area contributed by atoms with Crippen LogP contribution in [-0.4, -0.2) is 40.5 Å². The van der Waals surface area contributed by atoms with Crippen molar-refractivity contribution < 1.29 is 5.11 Å². The van der Waals surface area contributed by atoms with Crippen molar-refractivity contribution in [3.63, 3.8) is 0 Å². The van der Waals surface area contributed by atoms with E-state index in [1.165, 1.54) is 0 Å². The maximum Gasteiger partial charge on any atom is 0.177 e. The van der Waals surface area contributed by atoms with Crippen LogP contribution in [0.25, 0.3) is 0 Å². The maximum absolute atomic E-state index is 9.97. The fourth-order valence-corrected chi connectivity index (χ4v) is 2.04. The zero-order chi connectivity index (χ0) is 16.1. The van der Waals surface area contributed by atoms with Crippen molar-refractivity contribution >= 4 is 23.1 Å². The normalized spacial score (nSPS) is 14.0. The predicted octanol–water partition coefficient (Wildman–Crippen LogP) is 0.645. The van der Waals surface area contributed by atoms with Crippen molar-refractivity contribution in [2.75, 3.05) is 18.5 Å². The largest absolute Gasteiger partial charge is 0.508 e. The summed E-state index contributed by atoms with van der Waals surface area (Å²) in [4.78, 5) is 2.21. The number of phenols is 1. The second kappa shape index (κ2) is 6.90. The van der Waals surface area contributed by atoms with Crippen LogP contribution in [0.3, 0.4) is 0 Å². The average Bonchev–Trinajstić information content (AvgIpc) is 2.84. The standard InChI is InChI=1S/C14H21N7O/c1-3-21(4-2)8-9-7-10(5-6-11(9)22)17-18-12-13(15)19-20-14(12)16/h5-7,17,22H,3-4,8H2,1-2H3,(H4,15,16,18,19,20). The van der Waals surface area contributed by atoms with Gasteiger partial charge in [0.05, 0.1) is 5.69 Å². The van der Waals surface area contributed by atoms with Gasteiger partial charge in [0, 0.05) is 12.1 Å². The molecule has 1 aliphatic rings. The average molecular weight is 303 g/mol. The molecule has 1 aromatic carbocycles. The molecule has 0 radical (unpaired) electrons. The zero-order valence-corrected chi connectivity index (χ0v) is 12.7. The fourth-order valence-electron chi connectivity index (χ4n) is 2.04. The second-order valence-corrected chi connectivity index (χ2v) is 4.85. The summed E-state index contributed by atoms with van der Waals surface area (Å²) in [6.07, 6.45) is 0. The Kier molecular flexibility index (Phi) is 4.95. The van der Waals surface area contributed by atoms with Crippen molar-refractivity contribution in [3.8, 4) is 5.75 Å². The third-order valence-corrected chi connectivity index (χ3v) is 3.42. The van der Waals surface area contributed by atoms with E-state index in [1.807, 2.05) is 6.07 Å². The summed E-state index contributed by atoms with van der Waals surface area (Å²) < 4.78 is 0. The number of benzene rings is 1. The SMILES string of the molecule is CCN(CC)Cc1cc(NN=C2C(N)=NN=C2N)ccc1O. The van der Waals surface area contributed by atoms with Gasteiger partial charge < -0.3 is 16.6 Å². The summed E-state index contributed by atoms with van der Waals surface area (Å²) in [6, 6.07) is 5.19. The highest BCUT2D eigenvalue weighted by Crippen LogP contribution is 2.23. The molecular formula is C14H21N7O. The quantitative estimate of drug-likeness (QED) is 0.453. The molecule has 0 fully saturated rings. The molecule has 118 valence electrons. The van der Waals surface area contributed by atoms with Gasteiger partial charge in [0.1, 0.15) is 5.75 Å². The molecule has 2 rings (SSSR count). The van der Waals surface area contributed by atoms with Gasteiger partial charge in [-0.15, -0.1) is 10.2 Å². The van der Waals surface area contributed by atoms with Gasteiger partial charge in [-0.1, -0.05) is 13.8 Å². The molecule has 0 atom stereocenters. The van der Waals surface area contributed by atoms with E-state index >= 15 is 0 Å². The third-order valence-electron chi connectivity index (χ3n) is 3.42. The van der Waals surface area contributed by atoms with E-state index in [0.717, 1.165) is 24.3 Å². The van der Waals surface area contributed by atoms with Gasteiger partial charge in [0.15, 0.2) is 17.4 Å². The molecule has 0 spiro atoms. The lowest BCUT2D eigenvalue weighted by atomic mass is 10.1. The Morgan fingerprint density at radius 3 is 2.41 bits per heavy atom. The van der Waals surface area contributed by atoms with Gasteiger partial charge in [0.25, 0.3) is 0 Å². The molecule has 0 bridgehead atoms. The van der Waals surface area contributed by atoms with E-state index in [9.17, 15) is 5.11 Å². The van der Waals surface area contributed by atoms with Crippen molar-refractivity contribution in [1.29, 1.82) is 0 Å². The number of anilines is 1. The zero-order valence-electron chi connectivity index (χ0n) is 12.7. The molecule has 1 heterocycles. The van der Waals surface area contributed by atoms with E-state index < -0.39 is 0 Å². The first-order valence-electron chi connectivity index (χ1n) is 7.10. The molecule has 0 aliphatic carbocycles. The Morgan fingerprint density at radius 1 is 1.18 bits per heavy atom. The summed E-state index contributed by atoms with van der Waals surface area (Å²) in [5, 5.41) is 21.4. The molecule has 22 heavy (non-hydrogen) atoms. The number of nitrogens with two attached hydrogens (primary N) is 2. The second-order valence-electron chi connectivity index (χ2n) is 4.85. The van der Waals surface area contributed by atoms with Crippen LogP contribution in [0, 0.1) is 0 Å². The van der Waals surface area contributed by atoms with E-state index in [4.69, 9.17) is 11.5 Å². The number of nitrogens with zero attached hydrogens (tertiary/aromatic N) is 4. The Bertz CT molecular complexity index is 612. The molecule has 0 amide bonds. The first-order valence-corrected chi connectivity index (χ1v) is 7.10. The van der Waals surface area contributed by atoms with Gasteiger partial charge in [-0.3, -0.25) is 10.3 Å². The van der Waals surface area contributed by atoms with Crippen molar-refractivity contribution in [3.05, 3.63) is 23.8 Å². The summed E-state index contributed by atoms with van der Waals surface area (Å²) in [6.45, 7) is 6.65. The summed E-state index contributed by atoms with van der Waals surface area (Å²) >= 11 is 0. The molecular weight excluding hydrogens is 282 g/mol. The van der Waals surface area contributed by atoms with Gasteiger partial charge in [-0.05, 0) is 31.3 Å². The molecule has 1 aromatic rings. The lowest BCUT2D eigenvalue weighted by Gasteiger charge is -2.19. The van der Waals surface area contributed by atoms with Crippen LogP contribution >= 0.6 is 0 Å². The number of hydrazone groups is 1. The minimum atomic E-state index is 0.173. The van der Waals surface area contributed by atoms with Crippen LogP contribution in [0.5, 0.6) is 5.75 Å². The first-order chi connectivity index (χ1) is 10.5. The van der Waals surface area contributed by atoms with Crippen LogP contribution in [0.4, 0.5) is 5.69 Å². The Balaban J connectivity index is 2.14. The van der Waals surface area contributed by atoms with Gasteiger partial charge >= 0.3 is 0 Å². The summed E-state index contributed by atoms with van der Waals surface area (Å²) in [5.41, 5.74) is 16.0. The molecule has 8 heteroatoms. The highest BCUT2D eigenvalue weighted by Gasteiger charge is 2.16. The molecule has 0 unspecified atom stereocenters. The van der Waals surface area contributed by atoms with Crippen molar-refractivity contribution in [1.82, 2.24) is 4.90 Å². The summed E-state index contributed by atoms with van der Waals surface area (Å²) in [5.74, 6) is 0.604. The van der Waals surface area contributed by atoms with E-state index in [0.29, 0.717) is 12.3 Å². The van der Waals surface area contributed by atoms with Crippen LogP contribution in [-0.2, 0) is 6.54 Å². The molecule has 8 nitrogen and oxygen atoms in total. The maximum atomic E-state index is 9.97. The monoisotopic (exact) mass is 303 g/mol. The number of rotatable bonds is 6.